The van der Waals surface area contributed by atoms with Crippen molar-refractivity contribution in [1.82, 2.24) is 24.7 Å². The van der Waals surface area contributed by atoms with E-state index in [-0.39, 0.29) is 18.5 Å². The van der Waals surface area contributed by atoms with Crippen LogP contribution in [0.15, 0.2) is 0 Å². The molecule has 8 nitrogen and oxygen atoms in total. The van der Waals surface area contributed by atoms with Crippen LogP contribution >= 0.6 is 0 Å². The Bertz CT molecular complexity index is 630. The van der Waals surface area contributed by atoms with Crippen LogP contribution < -0.4 is 0 Å². The van der Waals surface area contributed by atoms with Gasteiger partial charge in [-0.25, -0.2) is 9.78 Å². The maximum Gasteiger partial charge on any atom is 0.410 e. The Labute approximate surface area is 148 Å². The van der Waals surface area contributed by atoms with Crippen molar-refractivity contribution >= 4 is 12.0 Å². The SMILES string of the molecule is CCc1nc(CN2CCCN(C(=O)CN3CCOC3=O)CC2)c(C)[nH]1. The molecule has 0 aromatic carbocycles. The van der Waals surface area contributed by atoms with Crippen molar-refractivity contribution in [2.75, 3.05) is 45.9 Å². The highest BCUT2D eigenvalue weighted by Gasteiger charge is 2.27. The Balaban J connectivity index is 1.52. The van der Waals surface area contributed by atoms with E-state index in [9.17, 15) is 9.59 Å². The van der Waals surface area contributed by atoms with Crippen LogP contribution in [0.1, 0.15) is 30.6 Å². The van der Waals surface area contributed by atoms with Crippen molar-refractivity contribution < 1.29 is 14.3 Å². The van der Waals surface area contributed by atoms with Gasteiger partial charge in [0.2, 0.25) is 5.91 Å². The number of amides is 2. The van der Waals surface area contributed by atoms with Crippen LogP contribution in [-0.2, 0) is 22.5 Å². The van der Waals surface area contributed by atoms with Crippen LogP contribution in [0.5, 0.6) is 0 Å². The largest absolute Gasteiger partial charge is 0.448 e. The Morgan fingerprint density at radius 1 is 1.24 bits per heavy atom. The van der Waals surface area contributed by atoms with Gasteiger partial charge in [-0.3, -0.25) is 14.6 Å². The third-order valence-corrected chi connectivity index (χ3v) is 4.86. The van der Waals surface area contributed by atoms with E-state index in [2.05, 4.69) is 28.7 Å². The maximum atomic E-state index is 12.5. The average molecular weight is 349 g/mol. The van der Waals surface area contributed by atoms with Gasteiger partial charge in [0.25, 0.3) is 0 Å². The zero-order chi connectivity index (χ0) is 17.8. The Morgan fingerprint density at radius 2 is 2.08 bits per heavy atom. The van der Waals surface area contributed by atoms with Crippen molar-refractivity contribution in [3.05, 3.63) is 17.2 Å². The summed E-state index contributed by atoms with van der Waals surface area (Å²) >= 11 is 0. The van der Waals surface area contributed by atoms with Gasteiger partial charge in [0.05, 0.1) is 12.2 Å². The van der Waals surface area contributed by atoms with E-state index in [0.717, 1.165) is 56.2 Å². The van der Waals surface area contributed by atoms with Crippen molar-refractivity contribution in [3.63, 3.8) is 0 Å². The second-order valence-corrected chi connectivity index (χ2v) is 6.66. The molecular weight excluding hydrogens is 322 g/mol. The molecule has 25 heavy (non-hydrogen) atoms. The quantitative estimate of drug-likeness (QED) is 0.849. The number of carbonyl (C=O) groups excluding carboxylic acids is 2. The predicted molar refractivity (Wildman–Crippen MR) is 92.1 cm³/mol. The number of imidazole rings is 1. The van der Waals surface area contributed by atoms with Gasteiger partial charge in [0, 0.05) is 44.8 Å². The van der Waals surface area contributed by atoms with Gasteiger partial charge < -0.3 is 14.6 Å². The molecule has 2 fully saturated rings. The number of hydrogen-bond donors (Lipinski definition) is 1. The molecule has 3 rings (SSSR count). The lowest BCUT2D eigenvalue weighted by Crippen LogP contribution is -2.42. The summed E-state index contributed by atoms with van der Waals surface area (Å²) < 4.78 is 4.88. The molecule has 138 valence electrons. The highest BCUT2D eigenvalue weighted by atomic mass is 16.6. The van der Waals surface area contributed by atoms with Crippen LogP contribution in [0.3, 0.4) is 0 Å². The van der Waals surface area contributed by atoms with Gasteiger partial charge in [-0.1, -0.05) is 6.92 Å². The Hall–Kier alpha value is -2.09. The zero-order valence-corrected chi connectivity index (χ0v) is 15.1. The molecule has 0 radical (unpaired) electrons. The monoisotopic (exact) mass is 349 g/mol. The summed E-state index contributed by atoms with van der Waals surface area (Å²) in [4.78, 5) is 37.6. The summed E-state index contributed by atoms with van der Waals surface area (Å²) in [7, 11) is 0. The fourth-order valence-corrected chi connectivity index (χ4v) is 3.31. The van der Waals surface area contributed by atoms with E-state index in [1.807, 2.05) is 4.90 Å². The lowest BCUT2D eigenvalue weighted by molar-refractivity contribution is -0.131. The minimum absolute atomic E-state index is 0.00455. The number of carbonyl (C=O) groups is 2. The first-order valence-electron chi connectivity index (χ1n) is 9.03. The molecule has 0 unspecified atom stereocenters. The number of aromatic amines is 1. The van der Waals surface area contributed by atoms with Gasteiger partial charge in [-0.15, -0.1) is 0 Å². The summed E-state index contributed by atoms with van der Waals surface area (Å²) in [5.74, 6) is 1.03. The molecule has 1 aromatic rings. The van der Waals surface area contributed by atoms with Gasteiger partial charge in [0.15, 0.2) is 0 Å². The third kappa shape index (κ3) is 4.31. The van der Waals surface area contributed by atoms with Gasteiger partial charge in [0.1, 0.15) is 19.0 Å². The highest BCUT2D eigenvalue weighted by Crippen LogP contribution is 2.12. The summed E-state index contributed by atoms with van der Waals surface area (Å²) in [6.07, 6.45) is 1.45. The van der Waals surface area contributed by atoms with Gasteiger partial charge >= 0.3 is 6.09 Å². The molecule has 0 saturated carbocycles. The molecule has 0 bridgehead atoms. The highest BCUT2D eigenvalue weighted by molar-refractivity contribution is 5.82. The molecule has 2 aliphatic heterocycles. The standard InChI is InChI=1S/C17H27N5O3/c1-3-15-18-13(2)14(19-15)11-20-5-4-6-21(8-7-20)16(23)12-22-9-10-25-17(22)24/h3-12H2,1-2H3,(H,18,19). The number of rotatable bonds is 5. The van der Waals surface area contributed by atoms with Crippen LogP contribution in [-0.4, -0.2) is 82.5 Å². The molecule has 2 amide bonds. The first-order valence-corrected chi connectivity index (χ1v) is 9.03. The maximum absolute atomic E-state index is 12.5. The molecule has 0 atom stereocenters. The van der Waals surface area contributed by atoms with Crippen molar-refractivity contribution in [2.24, 2.45) is 0 Å². The minimum atomic E-state index is -0.384. The van der Waals surface area contributed by atoms with E-state index >= 15 is 0 Å². The minimum Gasteiger partial charge on any atom is -0.448 e. The number of hydrogen-bond acceptors (Lipinski definition) is 5. The molecule has 0 spiro atoms. The fourth-order valence-electron chi connectivity index (χ4n) is 3.31. The molecule has 1 aromatic heterocycles. The topological polar surface area (TPSA) is 81.8 Å². The summed E-state index contributed by atoms with van der Waals surface area (Å²) in [6, 6.07) is 0. The smallest absolute Gasteiger partial charge is 0.410 e. The van der Waals surface area contributed by atoms with Crippen LogP contribution in [0.2, 0.25) is 0 Å². The lowest BCUT2D eigenvalue weighted by Gasteiger charge is -2.23. The van der Waals surface area contributed by atoms with Gasteiger partial charge in [-0.2, -0.15) is 0 Å². The van der Waals surface area contributed by atoms with Crippen LogP contribution in [0, 0.1) is 6.92 Å². The van der Waals surface area contributed by atoms with E-state index < -0.39 is 0 Å². The first kappa shape index (κ1) is 17.7. The summed E-state index contributed by atoms with van der Waals surface area (Å²) in [5, 5.41) is 0. The molecule has 2 aliphatic rings. The van der Waals surface area contributed by atoms with Crippen LogP contribution in [0.25, 0.3) is 0 Å². The zero-order valence-electron chi connectivity index (χ0n) is 15.1. The normalized spacial score (nSPS) is 19.2. The number of nitrogens with zero attached hydrogens (tertiary/aromatic N) is 4. The van der Waals surface area contributed by atoms with E-state index in [1.54, 1.807) is 0 Å². The van der Waals surface area contributed by atoms with Crippen molar-refractivity contribution in [1.29, 1.82) is 0 Å². The van der Waals surface area contributed by atoms with Crippen molar-refractivity contribution in [3.8, 4) is 0 Å². The fraction of sp³-hybridized carbons (Fsp3) is 0.706. The number of nitrogens with one attached hydrogen (secondary N) is 1. The van der Waals surface area contributed by atoms with Gasteiger partial charge in [-0.05, 0) is 13.3 Å². The molecule has 1 N–H and O–H groups in total. The van der Waals surface area contributed by atoms with E-state index in [1.165, 1.54) is 4.90 Å². The summed E-state index contributed by atoms with van der Waals surface area (Å²) in [5.41, 5.74) is 2.22. The number of aryl methyl sites for hydroxylation is 2. The number of H-pyrrole nitrogens is 1. The molecule has 2 saturated heterocycles. The molecule has 3 heterocycles. The number of cyclic esters (lactones) is 1. The first-order chi connectivity index (χ1) is 12.1. The van der Waals surface area contributed by atoms with Crippen molar-refractivity contribution in [2.45, 2.75) is 33.2 Å². The molecule has 0 aliphatic carbocycles. The van der Waals surface area contributed by atoms with Crippen LogP contribution in [0.4, 0.5) is 4.79 Å². The lowest BCUT2D eigenvalue weighted by atomic mass is 10.3. The molecule has 8 heteroatoms. The summed E-state index contributed by atoms with van der Waals surface area (Å²) in [6.45, 7) is 9.15. The predicted octanol–water partition coefficient (Wildman–Crippen LogP) is 0.767. The third-order valence-electron chi connectivity index (χ3n) is 4.86. The number of aromatic nitrogens is 2. The number of ether oxygens (including phenoxy) is 1. The van der Waals surface area contributed by atoms with E-state index in [0.29, 0.717) is 19.7 Å². The second-order valence-electron chi connectivity index (χ2n) is 6.66. The Morgan fingerprint density at radius 3 is 2.76 bits per heavy atom. The average Bonchev–Trinajstić information content (AvgIpc) is 3.06. The Kier molecular flexibility index (Phi) is 5.57. The van der Waals surface area contributed by atoms with E-state index in [4.69, 9.17) is 4.74 Å². The molecular formula is C17H27N5O3. The second kappa shape index (κ2) is 7.86.